The van der Waals surface area contributed by atoms with Gasteiger partial charge in [-0.05, 0) is 59.0 Å². The van der Waals surface area contributed by atoms with Gasteiger partial charge in [0.25, 0.3) is 0 Å². The maximum absolute atomic E-state index is 12.1. The third-order valence-corrected chi connectivity index (χ3v) is 5.52. The molecule has 25 heavy (non-hydrogen) atoms. The van der Waals surface area contributed by atoms with Gasteiger partial charge >= 0.3 is 6.09 Å². The summed E-state index contributed by atoms with van der Waals surface area (Å²) >= 11 is 0. The van der Waals surface area contributed by atoms with Gasteiger partial charge in [0.15, 0.2) is 0 Å². The Morgan fingerprint density at radius 1 is 1.12 bits per heavy atom. The number of hydrogen-bond acceptors (Lipinski definition) is 4. The van der Waals surface area contributed by atoms with Gasteiger partial charge in [-0.3, -0.25) is 4.90 Å². The predicted molar refractivity (Wildman–Crippen MR) is 103 cm³/mol. The van der Waals surface area contributed by atoms with Gasteiger partial charge in [-0.25, -0.2) is 4.79 Å². The van der Waals surface area contributed by atoms with Crippen molar-refractivity contribution in [3.8, 4) is 0 Å². The molecule has 1 aliphatic carbocycles. The Bertz CT molecular complexity index is 400. The Balaban J connectivity index is 1.58. The van der Waals surface area contributed by atoms with E-state index in [0.717, 1.165) is 51.2 Å². The molecular formula is C20H39N3O2. The smallest absolute Gasteiger partial charge is 0.410 e. The fourth-order valence-electron chi connectivity index (χ4n) is 4.04. The van der Waals surface area contributed by atoms with Crippen molar-refractivity contribution in [3.05, 3.63) is 0 Å². The van der Waals surface area contributed by atoms with Crippen LogP contribution >= 0.6 is 0 Å². The van der Waals surface area contributed by atoms with Crippen molar-refractivity contribution < 1.29 is 9.53 Å². The van der Waals surface area contributed by atoms with E-state index in [0.29, 0.717) is 0 Å². The molecule has 1 N–H and O–H groups in total. The number of nitrogens with one attached hydrogen (secondary N) is 1. The second kappa shape index (κ2) is 9.77. The second-order valence-corrected chi connectivity index (χ2v) is 8.68. The van der Waals surface area contributed by atoms with Gasteiger partial charge < -0.3 is 15.0 Å². The Labute approximate surface area is 154 Å². The highest BCUT2D eigenvalue weighted by Crippen LogP contribution is 2.26. The third-order valence-electron chi connectivity index (χ3n) is 5.52. The summed E-state index contributed by atoms with van der Waals surface area (Å²) in [5, 5.41) is 3.80. The van der Waals surface area contributed by atoms with E-state index in [1.165, 1.54) is 38.5 Å². The summed E-state index contributed by atoms with van der Waals surface area (Å²) < 4.78 is 5.46. The predicted octanol–water partition coefficient (Wildman–Crippen LogP) is 3.49. The molecule has 2 fully saturated rings. The highest BCUT2D eigenvalue weighted by Gasteiger charge is 2.26. The zero-order chi connectivity index (χ0) is 18.3. The zero-order valence-corrected chi connectivity index (χ0v) is 16.9. The lowest BCUT2D eigenvalue weighted by atomic mass is 9.83. The number of nitrogens with zero attached hydrogens (tertiary/aromatic N) is 2. The molecule has 0 aromatic carbocycles. The van der Waals surface area contributed by atoms with Crippen LogP contribution < -0.4 is 5.32 Å². The number of hydrogen-bond donors (Lipinski definition) is 1. The maximum atomic E-state index is 12.1. The molecule has 146 valence electrons. The molecule has 5 nitrogen and oxygen atoms in total. The molecule has 2 unspecified atom stereocenters. The topological polar surface area (TPSA) is 44.8 Å². The van der Waals surface area contributed by atoms with Crippen molar-refractivity contribution >= 4 is 6.09 Å². The van der Waals surface area contributed by atoms with Crippen molar-refractivity contribution in [1.82, 2.24) is 15.1 Å². The summed E-state index contributed by atoms with van der Waals surface area (Å²) in [4.78, 5) is 16.4. The van der Waals surface area contributed by atoms with Gasteiger partial charge in [0.1, 0.15) is 5.60 Å². The third kappa shape index (κ3) is 7.14. The normalized spacial score (nSPS) is 25.8. The summed E-state index contributed by atoms with van der Waals surface area (Å²) in [6, 6.07) is 0.739. The van der Waals surface area contributed by atoms with E-state index in [9.17, 15) is 4.79 Å². The van der Waals surface area contributed by atoms with Crippen LogP contribution in [0.25, 0.3) is 0 Å². The van der Waals surface area contributed by atoms with Gasteiger partial charge in [0, 0.05) is 32.2 Å². The first-order chi connectivity index (χ1) is 11.9. The van der Waals surface area contributed by atoms with Crippen LogP contribution in [0.5, 0.6) is 0 Å². The summed E-state index contributed by atoms with van der Waals surface area (Å²) in [7, 11) is 0. The molecule has 1 amide bonds. The molecule has 1 heterocycles. The lowest BCUT2D eigenvalue weighted by Gasteiger charge is -2.36. The SMILES string of the molecule is CCC1CCCCC1NCCCN1CCN(C(=O)OC(C)(C)C)CC1. The second-order valence-electron chi connectivity index (χ2n) is 8.68. The van der Waals surface area contributed by atoms with Crippen LogP contribution in [0.3, 0.4) is 0 Å². The van der Waals surface area contributed by atoms with Crippen molar-refractivity contribution in [1.29, 1.82) is 0 Å². The van der Waals surface area contributed by atoms with Crippen LogP contribution in [-0.2, 0) is 4.74 Å². The minimum Gasteiger partial charge on any atom is -0.444 e. The van der Waals surface area contributed by atoms with Crippen molar-refractivity contribution in [3.63, 3.8) is 0 Å². The molecule has 5 heteroatoms. The van der Waals surface area contributed by atoms with Gasteiger partial charge in [-0.15, -0.1) is 0 Å². The van der Waals surface area contributed by atoms with Crippen LogP contribution in [0.15, 0.2) is 0 Å². The highest BCUT2D eigenvalue weighted by molar-refractivity contribution is 5.68. The molecule has 1 saturated heterocycles. The van der Waals surface area contributed by atoms with Crippen molar-refractivity contribution in [2.24, 2.45) is 5.92 Å². The van der Waals surface area contributed by atoms with Crippen LogP contribution in [0.1, 0.15) is 66.2 Å². The molecule has 1 aliphatic heterocycles. The maximum Gasteiger partial charge on any atom is 0.410 e. The largest absolute Gasteiger partial charge is 0.444 e. The van der Waals surface area contributed by atoms with E-state index in [4.69, 9.17) is 4.74 Å². The van der Waals surface area contributed by atoms with E-state index in [1.54, 1.807) is 0 Å². The summed E-state index contributed by atoms with van der Waals surface area (Å²) in [5.74, 6) is 0.881. The van der Waals surface area contributed by atoms with Gasteiger partial charge in [0.05, 0.1) is 0 Å². The van der Waals surface area contributed by atoms with E-state index >= 15 is 0 Å². The highest BCUT2D eigenvalue weighted by atomic mass is 16.6. The summed E-state index contributed by atoms with van der Waals surface area (Å²) in [6.45, 7) is 13.8. The lowest BCUT2D eigenvalue weighted by molar-refractivity contribution is 0.0144. The first kappa shape index (κ1) is 20.5. The lowest BCUT2D eigenvalue weighted by Crippen LogP contribution is -2.50. The molecule has 2 atom stereocenters. The monoisotopic (exact) mass is 353 g/mol. The number of piperazine rings is 1. The fourth-order valence-corrected chi connectivity index (χ4v) is 4.04. The van der Waals surface area contributed by atoms with Crippen molar-refractivity contribution in [2.45, 2.75) is 77.9 Å². The Kier molecular flexibility index (Phi) is 8.01. The van der Waals surface area contributed by atoms with E-state index in [1.807, 2.05) is 25.7 Å². The number of carbonyl (C=O) groups is 1. The van der Waals surface area contributed by atoms with Crippen LogP contribution in [0.2, 0.25) is 0 Å². The first-order valence-corrected chi connectivity index (χ1v) is 10.3. The standard InChI is InChI=1S/C20H39N3O2/c1-5-17-9-6-7-10-18(17)21-11-8-12-22-13-15-23(16-14-22)19(24)25-20(2,3)4/h17-18,21H,5-16H2,1-4H3. The Morgan fingerprint density at radius 3 is 2.44 bits per heavy atom. The minimum atomic E-state index is -0.407. The van der Waals surface area contributed by atoms with E-state index in [-0.39, 0.29) is 6.09 Å². The molecule has 2 rings (SSSR count). The number of amides is 1. The number of ether oxygens (including phenoxy) is 1. The molecule has 0 bridgehead atoms. The Morgan fingerprint density at radius 2 is 1.80 bits per heavy atom. The minimum absolute atomic E-state index is 0.170. The number of carbonyl (C=O) groups excluding carboxylic acids is 1. The van der Waals surface area contributed by atoms with Crippen molar-refractivity contribution in [2.75, 3.05) is 39.3 Å². The average molecular weight is 354 g/mol. The van der Waals surface area contributed by atoms with E-state index < -0.39 is 5.60 Å². The van der Waals surface area contributed by atoms with Crippen LogP contribution in [-0.4, -0.2) is 66.8 Å². The van der Waals surface area contributed by atoms with Gasteiger partial charge in [-0.1, -0.05) is 26.2 Å². The van der Waals surface area contributed by atoms with Crippen LogP contribution in [0.4, 0.5) is 4.79 Å². The quantitative estimate of drug-likeness (QED) is 0.743. The van der Waals surface area contributed by atoms with Crippen LogP contribution in [0, 0.1) is 5.92 Å². The number of rotatable bonds is 6. The molecule has 0 aromatic heterocycles. The van der Waals surface area contributed by atoms with Gasteiger partial charge in [-0.2, -0.15) is 0 Å². The van der Waals surface area contributed by atoms with E-state index in [2.05, 4.69) is 17.1 Å². The fraction of sp³-hybridized carbons (Fsp3) is 0.950. The molecular weight excluding hydrogens is 314 g/mol. The molecule has 0 aromatic rings. The summed E-state index contributed by atoms with van der Waals surface area (Å²) in [5.41, 5.74) is -0.407. The molecule has 0 radical (unpaired) electrons. The molecule has 2 aliphatic rings. The van der Waals surface area contributed by atoms with Gasteiger partial charge in [0.2, 0.25) is 0 Å². The molecule has 0 spiro atoms. The average Bonchev–Trinajstić information content (AvgIpc) is 2.58. The zero-order valence-electron chi connectivity index (χ0n) is 16.9. The summed E-state index contributed by atoms with van der Waals surface area (Å²) in [6.07, 6.45) is 7.90. The Hall–Kier alpha value is -0.810. The molecule has 1 saturated carbocycles. The first-order valence-electron chi connectivity index (χ1n) is 10.3.